The van der Waals surface area contributed by atoms with E-state index in [1.54, 1.807) is 0 Å². The van der Waals surface area contributed by atoms with Crippen LogP contribution in [-0.2, 0) is 0 Å². The maximum absolute atomic E-state index is 6.39. The van der Waals surface area contributed by atoms with Crippen LogP contribution >= 0.6 is 0 Å². The van der Waals surface area contributed by atoms with Gasteiger partial charge in [-0.2, -0.15) is 0 Å². The third-order valence-corrected chi connectivity index (χ3v) is 9.74. The Kier molecular flexibility index (Phi) is 6.18. The molecule has 10 rings (SSSR count). The van der Waals surface area contributed by atoms with Crippen LogP contribution in [0.4, 0.5) is 17.1 Å². The number of furan rings is 1. The van der Waals surface area contributed by atoms with Crippen molar-refractivity contribution in [3.8, 4) is 16.8 Å². The minimum absolute atomic E-state index is 0.871. The number of hydrogen-bond donors (Lipinski definition) is 0. The Balaban J connectivity index is 1.26. The molecule has 0 spiro atoms. The number of aromatic nitrogens is 1. The zero-order chi connectivity index (χ0) is 32.3. The predicted molar refractivity (Wildman–Crippen MR) is 206 cm³/mol. The van der Waals surface area contributed by atoms with Gasteiger partial charge in [0, 0.05) is 33.2 Å². The lowest BCUT2D eigenvalue weighted by Gasteiger charge is -2.27. The highest BCUT2D eigenvalue weighted by molar-refractivity contribution is 6.16. The van der Waals surface area contributed by atoms with E-state index in [0.29, 0.717) is 0 Å². The fraction of sp³-hybridized carbons (Fsp3) is 0. The zero-order valence-corrected chi connectivity index (χ0v) is 26.6. The van der Waals surface area contributed by atoms with Crippen LogP contribution in [0.2, 0.25) is 0 Å². The van der Waals surface area contributed by atoms with Gasteiger partial charge in [-0.05, 0) is 88.6 Å². The maximum atomic E-state index is 6.39. The summed E-state index contributed by atoms with van der Waals surface area (Å²) in [6, 6.07) is 65.0. The molecule has 49 heavy (non-hydrogen) atoms. The van der Waals surface area contributed by atoms with Crippen molar-refractivity contribution in [3.05, 3.63) is 182 Å². The summed E-state index contributed by atoms with van der Waals surface area (Å²) in [6.07, 6.45) is 0. The van der Waals surface area contributed by atoms with Gasteiger partial charge < -0.3 is 13.9 Å². The molecule has 0 amide bonds. The Morgan fingerprint density at radius 3 is 1.86 bits per heavy atom. The number of hydrogen-bond acceptors (Lipinski definition) is 2. The van der Waals surface area contributed by atoms with Crippen LogP contribution in [0.1, 0.15) is 0 Å². The quantitative estimate of drug-likeness (QED) is 0.190. The lowest BCUT2D eigenvalue weighted by molar-refractivity contribution is 0.669. The van der Waals surface area contributed by atoms with E-state index in [1.165, 1.54) is 38.2 Å². The summed E-state index contributed by atoms with van der Waals surface area (Å²) in [5.41, 5.74) is 10.8. The lowest BCUT2D eigenvalue weighted by Crippen LogP contribution is -2.10. The Morgan fingerprint density at radius 2 is 1.04 bits per heavy atom. The first-order valence-corrected chi connectivity index (χ1v) is 16.7. The van der Waals surface area contributed by atoms with Gasteiger partial charge in [-0.25, -0.2) is 0 Å². The second-order valence-electron chi connectivity index (χ2n) is 12.6. The molecular weight excluding hydrogens is 597 g/mol. The van der Waals surface area contributed by atoms with Gasteiger partial charge in [0.05, 0.1) is 22.1 Å². The molecule has 0 atom stereocenters. The SMILES string of the molecule is c1ccc(-c2ccc(N(c3ccc4c5cc6ccccc6cc5n(-c5ccccc5)c4c3)c3cccc4oc5ccccc5c34)cc2)cc1. The lowest BCUT2D eigenvalue weighted by atomic mass is 10.0. The molecule has 0 saturated carbocycles. The van der Waals surface area contributed by atoms with Crippen LogP contribution in [-0.4, -0.2) is 4.57 Å². The Labute approximate surface area is 283 Å². The summed E-state index contributed by atoms with van der Waals surface area (Å²) in [5.74, 6) is 0. The largest absolute Gasteiger partial charge is 0.456 e. The van der Waals surface area contributed by atoms with E-state index in [2.05, 4.69) is 179 Å². The van der Waals surface area contributed by atoms with Crippen molar-refractivity contribution in [1.29, 1.82) is 0 Å². The molecule has 3 heteroatoms. The van der Waals surface area contributed by atoms with Crippen LogP contribution in [0, 0.1) is 0 Å². The number of anilines is 3. The van der Waals surface area contributed by atoms with E-state index in [9.17, 15) is 0 Å². The summed E-state index contributed by atoms with van der Waals surface area (Å²) in [5, 5.41) is 7.13. The predicted octanol–water partition coefficient (Wildman–Crippen LogP) is 13.0. The first-order valence-electron chi connectivity index (χ1n) is 16.7. The molecule has 8 aromatic carbocycles. The second-order valence-corrected chi connectivity index (χ2v) is 12.6. The highest BCUT2D eigenvalue weighted by Crippen LogP contribution is 2.45. The van der Waals surface area contributed by atoms with Crippen molar-refractivity contribution in [2.24, 2.45) is 0 Å². The molecule has 0 aliphatic carbocycles. The fourth-order valence-corrected chi connectivity index (χ4v) is 7.49. The van der Waals surface area contributed by atoms with Crippen molar-refractivity contribution in [2.75, 3.05) is 4.90 Å². The number of para-hydroxylation sites is 2. The van der Waals surface area contributed by atoms with Crippen molar-refractivity contribution in [3.63, 3.8) is 0 Å². The molecule has 0 radical (unpaired) electrons. The molecule has 0 bridgehead atoms. The minimum atomic E-state index is 0.871. The Bertz CT molecular complexity index is 2810. The van der Waals surface area contributed by atoms with Crippen molar-refractivity contribution in [1.82, 2.24) is 4.57 Å². The van der Waals surface area contributed by atoms with E-state index in [4.69, 9.17) is 4.42 Å². The van der Waals surface area contributed by atoms with Crippen LogP contribution in [0.15, 0.2) is 186 Å². The van der Waals surface area contributed by atoms with Crippen LogP contribution in [0.5, 0.6) is 0 Å². The van der Waals surface area contributed by atoms with Gasteiger partial charge >= 0.3 is 0 Å². The second kappa shape index (κ2) is 11.0. The third kappa shape index (κ3) is 4.44. The van der Waals surface area contributed by atoms with E-state index >= 15 is 0 Å². The average Bonchev–Trinajstić information content (AvgIpc) is 3.70. The molecule has 0 N–H and O–H groups in total. The van der Waals surface area contributed by atoms with E-state index < -0.39 is 0 Å². The molecule has 3 nitrogen and oxygen atoms in total. The van der Waals surface area contributed by atoms with E-state index in [1.807, 2.05) is 12.1 Å². The monoisotopic (exact) mass is 626 g/mol. The zero-order valence-electron chi connectivity index (χ0n) is 26.6. The van der Waals surface area contributed by atoms with Gasteiger partial charge in [-0.3, -0.25) is 0 Å². The molecule has 2 aromatic heterocycles. The summed E-state index contributed by atoms with van der Waals surface area (Å²) < 4.78 is 8.79. The maximum Gasteiger partial charge on any atom is 0.137 e. The fourth-order valence-electron chi connectivity index (χ4n) is 7.49. The van der Waals surface area contributed by atoms with Gasteiger partial charge in [0.1, 0.15) is 11.2 Å². The van der Waals surface area contributed by atoms with Crippen LogP contribution in [0.25, 0.3) is 71.3 Å². The molecule has 230 valence electrons. The van der Waals surface area contributed by atoms with Gasteiger partial charge in [-0.15, -0.1) is 0 Å². The number of rotatable bonds is 5. The summed E-state index contributed by atoms with van der Waals surface area (Å²) in [6.45, 7) is 0. The topological polar surface area (TPSA) is 21.3 Å². The molecule has 0 fully saturated rings. The normalized spacial score (nSPS) is 11.7. The first-order chi connectivity index (χ1) is 24.3. The standard InChI is InChI=1S/C46H30N2O/c1-3-12-31(13-4-1)32-22-24-36(25-23-32)47(41-19-11-21-45-46(41)39-18-9-10-20-44(39)49-45)37-26-27-38-40-28-33-14-7-8-15-34(33)29-42(40)48(43(38)30-37)35-16-5-2-6-17-35/h1-30H. The van der Waals surface area contributed by atoms with E-state index in [-0.39, 0.29) is 0 Å². The molecule has 0 saturated heterocycles. The molecule has 0 aliphatic heterocycles. The van der Waals surface area contributed by atoms with Gasteiger partial charge in [0.2, 0.25) is 0 Å². The third-order valence-electron chi connectivity index (χ3n) is 9.74. The summed E-state index contributed by atoms with van der Waals surface area (Å²) in [7, 11) is 0. The molecular formula is C46H30N2O. The molecule has 2 heterocycles. The Morgan fingerprint density at radius 1 is 0.408 bits per heavy atom. The van der Waals surface area contributed by atoms with Gasteiger partial charge in [0.15, 0.2) is 0 Å². The van der Waals surface area contributed by atoms with Crippen molar-refractivity contribution >= 4 is 71.6 Å². The smallest absolute Gasteiger partial charge is 0.137 e. The van der Waals surface area contributed by atoms with Gasteiger partial charge in [-0.1, -0.05) is 115 Å². The van der Waals surface area contributed by atoms with Crippen molar-refractivity contribution in [2.45, 2.75) is 0 Å². The minimum Gasteiger partial charge on any atom is -0.456 e. The van der Waals surface area contributed by atoms with E-state index in [0.717, 1.165) is 50.2 Å². The van der Waals surface area contributed by atoms with Crippen molar-refractivity contribution < 1.29 is 4.42 Å². The Hall–Kier alpha value is -6.58. The van der Waals surface area contributed by atoms with Gasteiger partial charge in [0.25, 0.3) is 0 Å². The average molecular weight is 627 g/mol. The molecule has 0 aliphatic rings. The summed E-state index contributed by atoms with van der Waals surface area (Å²) in [4.78, 5) is 2.38. The molecule has 10 aromatic rings. The highest BCUT2D eigenvalue weighted by atomic mass is 16.3. The number of benzene rings is 8. The van der Waals surface area contributed by atoms with Crippen LogP contribution in [0.3, 0.4) is 0 Å². The highest BCUT2D eigenvalue weighted by Gasteiger charge is 2.21. The first kappa shape index (κ1) is 27.5. The van der Waals surface area contributed by atoms with Crippen LogP contribution < -0.4 is 4.90 Å². The number of fused-ring (bicyclic) bond motifs is 7. The number of nitrogens with zero attached hydrogens (tertiary/aromatic N) is 2. The summed E-state index contributed by atoms with van der Waals surface area (Å²) >= 11 is 0. The molecule has 0 unspecified atom stereocenters.